The Bertz CT molecular complexity index is 839. The first-order valence-corrected chi connectivity index (χ1v) is 8.58. The molecule has 7 heteroatoms. The standard InChI is InChI=1S/C17H19N5OS/c1-22-10-9-19-15(22)13-6-2-3-7-14(13)16(23)20-8-4-5-12-11-24-17(18)21-12/h2-3,6-7,9-11H,4-5,8H2,1H3,(H2,18,21)(H,20,23). The molecule has 3 N–H and O–H groups in total. The van der Waals surface area contributed by atoms with Crippen molar-refractivity contribution in [3.8, 4) is 11.4 Å². The highest BCUT2D eigenvalue weighted by molar-refractivity contribution is 7.13. The smallest absolute Gasteiger partial charge is 0.252 e. The minimum Gasteiger partial charge on any atom is -0.375 e. The Balaban J connectivity index is 1.62. The Labute approximate surface area is 144 Å². The lowest BCUT2D eigenvalue weighted by atomic mass is 10.1. The molecule has 0 aliphatic heterocycles. The van der Waals surface area contributed by atoms with Crippen molar-refractivity contribution in [2.45, 2.75) is 12.8 Å². The average Bonchev–Trinajstić information content (AvgIpc) is 3.19. The normalized spacial score (nSPS) is 10.7. The van der Waals surface area contributed by atoms with E-state index in [1.807, 2.05) is 47.5 Å². The van der Waals surface area contributed by atoms with Crippen LogP contribution in [0.5, 0.6) is 0 Å². The van der Waals surface area contributed by atoms with E-state index in [9.17, 15) is 4.79 Å². The van der Waals surface area contributed by atoms with Crippen molar-refractivity contribution in [2.75, 3.05) is 12.3 Å². The number of nitrogen functional groups attached to an aromatic ring is 1. The maximum Gasteiger partial charge on any atom is 0.252 e. The zero-order valence-corrected chi connectivity index (χ0v) is 14.2. The maximum absolute atomic E-state index is 12.5. The van der Waals surface area contributed by atoms with Gasteiger partial charge < -0.3 is 15.6 Å². The molecule has 124 valence electrons. The van der Waals surface area contributed by atoms with Crippen LogP contribution in [-0.2, 0) is 13.5 Å². The average molecular weight is 341 g/mol. The number of nitrogens with zero attached hydrogens (tertiary/aromatic N) is 3. The number of hydrogen-bond donors (Lipinski definition) is 2. The van der Waals surface area contributed by atoms with E-state index < -0.39 is 0 Å². The van der Waals surface area contributed by atoms with Crippen molar-refractivity contribution >= 4 is 22.4 Å². The van der Waals surface area contributed by atoms with Gasteiger partial charge in [0.15, 0.2) is 5.13 Å². The van der Waals surface area contributed by atoms with Gasteiger partial charge in [0.1, 0.15) is 5.82 Å². The largest absolute Gasteiger partial charge is 0.375 e. The molecule has 0 radical (unpaired) electrons. The van der Waals surface area contributed by atoms with Gasteiger partial charge in [0.25, 0.3) is 5.91 Å². The third kappa shape index (κ3) is 3.62. The molecule has 24 heavy (non-hydrogen) atoms. The highest BCUT2D eigenvalue weighted by Crippen LogP contribution is 2.21. The molecule has 0 saturated heterocycles. The number of benzene rings is 1. The molecular formula is C17H19N5OS. The first kappa shape index (κ1) is 16.2. The van der Waals surface area contributed by atoms with Crippen molar-refractivity contribution in [3.05, 3.63) is 53.3 Å². The van der Waals surface area contributed by atoms with E-state index >= 15 is 0 Å². The Hall–Kier alpha value is -2.67. The van der Waals surface area contributed by atoms with E-state index in [-0.39, 0.29) is 5.91 Å². The number of thiazole rings is 1. The van der Waals surface area contributed by atoms with Crippen LogP contribution in [0.4, 0.5) is 5.13 Å². The molecule has 0 fully saturated rings. The highest BCUT2D eigenvalue weighted by atomic mass is 32.1. The molecule has 0 spiro atoms. The summed E-state index contributed by atoms with van der Waals surface area (Å²) in [4.78, 5) is 21.1. The van der Waals surface area contributed by atoms with Gasteiger partial charge in [-0.3, -0.25) is 4.79 Å². The van der Waals surface area contributed by atoms with Gasteiger partial charge in [0, 0.05) is 36.9 Å². The lowest BCUT2D eigenvalue weighted by molar-refractivity contribution is 0.0954. The molecule has 3 rings (SSSR count). The SMILES string of the molecule is Cn1ccnc1-c1ccccc1C(=O)NCCCc1csc(N)n1. The monoisotopic (exact) mass is 341 g/mol. The molecule has 0 aliphatic carbocycles. The summed E-state index contributed by atoms with van der Waals surface area (Å²) < 4.78 is 1.90. The number of nitrogens with two attached hydrogens (primary N) is 1. The Morgan fingerprint density at radius 1 is 1.38 bits per heavy atom. The van der Waals surface area contributed by atoms with Crippen LogP contribution >= 0.6 is 11.3 Å². The first-order valence-electron chi connectivity index (χ1n) is 7.70. The molecule has 2 heterocycles. The van der Waals surface area contributed by atoms with Crippen molar-refractivity contribution in [1.82, 2.24) is 19.9 Å². The van der Waals surface area contributed by atoms with Crippen LogP contribution in [0.1, 0.15) is 22.5 Å². The van der Waals surface area contributed by atoms with Crippen LogP contribution in [-0.4, -0.2) is 27.0 Å². The molecule has 0 unspecified atom stereocenters. The number of rotatable bonds is 6. The highest BCUT2D eigenvalue weighted by Gasteiger charge is 2.14. The summed E-state index contributed by atoms with van der Waals surface area (Å²) in [5.41, 5.74) is 8.04. The van der Waals surface area contributed by atoms with Crippen molar-refractivity contribution in [3.63, 3.8) is 0 Å². The van der Waals surface area contributed by atoms with Crippen LogP contribution in [0.2, 0.25) is 0 Å². The van der Waals surface area contributed by atoms with Crippen LogP contribution < -0.4 is 11.1 Å². The van der Waals surface area contributed by atoms with Crippen LogP contribution in [0.25, 0.3) is 11.4 Å². The van der Waals surface area contributed by atoms with Gasteiger partial charge >= 0.3 is 0 Å². The number of aryl methyl sites for hydroxylation is 2. The van der Waals surface area contributed by atoms with Crippen molar-refractivity contribution < 1.29 is 4.79 Å². The number of nitrogens with one attached hydrogen (secondary N) is 1. The third-order valence-electron chi connectivity index (χ3n) is 3.70. The van der Waals surface area contributed by atoms with Crippen molar-refractivity contribution in [1.29, 1.82) is 0 Å². The second-order valence-electron chi connectivity index (χ2n) is 5.44. The van der Waals surface area contributed by atoms with Crippen LogP contribution in [0, 0.1) is 0 Å². The van der Waals surface area contributed by atoms with Gasteiger partial charge in [-0.25, -0.2) is 9.97 Å². The molecule has 2 aromatic heterocycles. The fourth-order valence-electron chi connectivity index (χ4n) is 2.51. The molecule has 3 aromatic rings. The number of anilines is 1. The number of hydrogen-bond acceptors (Lipinski definition) is 5. The molecule has 6 nitrogen and oxygen atoms in total. The second kappa shape index (κ2) is 7.27. The Morgan fingerprint density at radius 2 is 2.21 bits per heavy atom. The predicted molar refractivity (Wildman–Crippen MR) is 95.8 cm³/mol. The lowest BCUT2D eigenvalue weighted by Crippen LogP contribution is -2.25. The van der Waals surface area contributed by atoms with Gasteiger partial charge in [0.05, 0.1) is 11.3 Å². The van der Waals surface area contributed by atoms with Gasteiger partial charge in [-0.2, -0.15) is 0 Å². The summed E-state index contributed by atoms with van der Waals surface area (Å²) in [5, 5.41) is 5.50. The Kier molecular flexibility index (Phi) is 4.90. The summed E-state index contributed by atoms with van der Waals surface area (Å²) in [7, 11) is 1.91. The molecule has 0 aliphatic rings. The first-order chi connectivity index (χ1) is 11.6. The van der Waals surface area contributed by atoms with Gasteiger partial charge in [-0.05, 0) is 18.9 Å². The topological polar surface area (TPSA) is 85.8 Å². The second-order valence-corrected chi connectivity index (χ2v) is 6.33. The molecule has 0 saturated carbocycles. The number of imidazole rings is 1. The van der Waals surface area contributed by atoms with E-state index in [0.717, 1.165) is 29.9 Å². The van der Waals surface area contributed by atoms with Crippen molar-refractivity contribution in [2.24, 2.45) is 7.05 Å². The van der Waals surface area contributed by atoms with E-state index in [1.54, 1.807) is 6.20 Å². The fraction of sp³-hybridized carbons (Fsp3) is 0.235. The fourth-order valence-corrected chi connectivity index (χ4v) is 3.10. The van der Waals surface area contributed by atoms with E-state index in [0.29, 0.717) is 17.2 Å². The molecular weight excluding hydrogens is 322 g/mol. The number of amides is 1. The number of carbonyl (C=O) groups is 1. The number of carbonyl (C=O) groups excluding carboxylic acids is 1. The van der Waals surface area contributed by atoms with E-state index in [2.05, 4.69) is 15.3 Å². The molecule has 0 atom stereocenters. The summed E-state index contributed by atoms with van der Waals surface area (Å²) in [5.74, 6) is 0.685. The van der Waals surface area contributed by atoms with Gasteiger partial charge in [-0.1, -0.05) is 18.2 Å². The molecule has 0 bridgehead atoms. The summed E-state index contributed by atoms with van der Waals surface area (Å²) in [6, 6.07) is 7.50. The van der Waals surface area contributed by atoms with E-state index in [1.165, 1.54) is 11.3 Å². The minimum absolute atomic E-state index is 0.0913. The van der Waals surface area contributed by atoms with Gasteiger partial charge in [0.2, 0.25) is 0 Å². The zero-order chi connectivity index (χ0) is 16.9. The number of aromatic nitrogens is 3. The zero-order valence-electron chi connectivity index (χ0n) is 13.4. The Morgan fingerprint density at radius 3 is 2.92 bits per heavy atom. The summed E-state index contributed by atoms with van der Waals surface area (Å²) >= 11 is 1.44. The quantitative estimate of drug-likeness (QED) is 0.675. The van der Waals surface area contributed by atoms with Crippen LogP contribution in [0.15, 0.2) is 42.0 Å². The predicted octanol–water partition coefficient (Wildman–Crippen LogP) is 2.49. The maximum atomic E-state index is 12.5. The molecule has 1 amide bonds. The van der Waals surface area contributed by atoms with Gasteiger partial charge in [-0.15, -0.1) is 11.3 Å². The molecule has 1 aromatic carbocycles. The third-order valence-corrected chi connectivity index (χ3v) is 4.42. The summed E-state index contributed by atoms with van der Waals surface area (Å²) in [6.45, 7) is 0.588. The van der Waals surface area contributed by atoms with Crippen LogP contribution in [0.3, 0.4) is 0 Å². The van der Waals surface area contributed by atoms with E-state index in [4.69, 9.17) is 5.73 Å². The lowest BCUT2D eigenvalue weighted by Gasteiger charge is -2.10. The minimum atomic E-state index is -0.0913. The summed E-state index contributed by atoms with van der Waals surface area (Å²) in [6.07, 6.45) is 5.21.